The molecule has 0 saturated carbocycles. The average molecular weight is 221 g/mol. The summed E-state index contributed by atoms with van der Waals surface area (Å²) >= 11 is 0. The van der Waals surface area contributed by atoms with E-state index in [0.717, 1.165) is 17.9 Å². The summed E-state index contributed by atoms with van der Waals surface area (Å²) in [5.41, 5.74) is 1.10. The minimum absolute atomic E-state index is 0.0261. The highest BCUT2D eigenvalue weighted by Crippen LogP contribution is 2.10. The van der Waals surface area contributed by atoms with Crippen LogP contribution in [0.15, 0.2) is 18.3 Å². The maximum Gasteiger partial charge on any atom is 0.225 e. The van der Waals surface area contributed by atoms with Crippen LogP contribution < -0.4 is 4.90 Å². The molecule has 0 aromatic carbocycles. The van der Waals surface area contributed by atoms with Crippen molar-refractivity contribution in [2.75, 3.05) is 32.1 Å². The Balaban J connectivity index is 2.77. The van der Waals surface area contributed by atoms with E-state index in [2.05, 4.69) is 4.98 Å². The highest BCUT2D eigenvalue weighted by molar-refractivity contribution is 5.90. The number of anilines is 1. The second-order valence-corrected chi connectivity index (χ2v) is 4.17. The van der Waals surface area contributed by atoms with Crippen molar-refractivity contribution in [2.24, 2.45) is 0 Å². The number of aryl methyl sites for hydroxylation is 1. The van der Waals surface area contributed by atoms with E-state index in [0.29, 0.717) is 6.54 Å². The number of likely N-dealkylation sites (N-methyl/N-ethyl adjacent to an activating group) is 1. The quantitative estimate of drug-likeness (QED) is 0.769. The number of hydrogen-bond donors (Lipinski definition) is 0. The smallest absolute Gasteiger partial charge is 0.225 e. The van der Waals surface area contributed by atoms with Crippen molar-refractivity contribution in [2.45, 2.75) is 13.8 Å². The fourth-order valence-corrected chi connectivity index (χ4v) is 1.35. The third-order valence-corrected chi connectivity index (χ3v) is 2.32. The van der Waals surface area contributed by atoms with Gasteiger partial charge in [-0.15, -0.1) is 0 Å². The molecular weight excluding hydrogens is 202 g/mol. The number of hydrogen-bond acceptors (Lipinski definition) is 3. The first-order chi connectivity index (χ1) is 7.50. The summed E-state index contributed by atoms with van der Waals surface area (Å²) in [5, 5.41) is 0. The van der Waals surface area contributed by atoms with Gasteiger partial charge in [-0.2, -0.15) is 0 Å². The fourth-order valence-electron chi connectivity index (χ4n) is 1.35. The highest BCUT2D eigenvalue weighted by atomic mass is 16.2. The van der Waals surface area contributed by atoms with Crippen molar-refractivity contribution < 1.29 is 4.79 Å². The Morgan fingerprint density at radius 3 is 2.44 bits per heavy atom. The van der Waals surface area contributed by atoms with E-state index in [1.54, 1.807) is 18.0 Å². The summed E-state index contributed by atoms with van der Waals surface area (Å²) < 4.78 is 0. The SMILES string of the molecule is CC(=O)N(CCN(C)C)c1ccc(C)cn1. The average Bonchev–Trinajstić information content (AvgIpc) is 2.20. The van der Waals surface area contributed by atoms with E-state index >= 15 is 0 Å². The summed E-state index contributed by atoms with van der Waals surface area (Å²) in [4.78, 5) is 19.5. The summed E-state index contributed by atoms with van der Waals surface area (Å²) in [7, 11) is 3.97. The first-order valence-electron chi connectivity index (χ1n) is 5.36. The maximum absolute atomic E-state index is 11.5. The van der Waals surface area contributed by atoms with Gasteiger partial charge in [0.15, 0.2) is 0 Å². The van der Waals surface area contributed by atoms with Crippen LogP contribution in [-0.4, -0.2) is 43.0 Å². The lowest BCUT2D eigenvalue weighted by atomic mass is 10.3. The molecule has 1 aromatic rings. The zero-order valence-electron chi connectivity index (χ0n) is 10.4. The second kappa shape index (κ2) is 5.61. The van der Waals surface area contributed by atoms with Gasteiger partial charge in [-0.1, -0.05) is 6.07 Å². The maximum atomic E-state index is 11.5. The number of rotatable bonds is 4. The molecule has 0 radical (unpaired) electrons. The number of amides is 1. The number of aromatic nitrogens is 1. The lowest BCUT2D eigenvalue weighted by molar-refractivity contribution is -0.116. The van der Waals surface area contributed by atoms with Crippen molar-refractivity contribution in [3.05, 3.63) is 23.9 Å². The molecule has 1 rings (SSSR count). The Kier molecular flexibility index (Phi) is 4.43. The fraction of sp³-hybridized carbons (Fsp3) is 0.500. The van der Waals surface area contributed by atoms with Crippen LogP contribution in [0.4, 0.5) is 5.82 Å². The van der Waals surface area contributed by atoms with Gasteiger partial charge < -0.3 is 4.90 Å². The summed E-state index contributed by atoms with van der Waals surface area (Å²) in [6.45, 7) is 5.04. The van der Waals surface area contributed by atoms with E-state index in [1.807, 2.05) is 38.1 Å². The molecule has 0 spiro atoms. The third-order valence-electron chi connectivity index (χ3n) is 2.32. The number of carbonyl (C=O) groups is 1. The molecule has 1 heterocycles. The molecule has 0 saturated heterocycles. The molecule has 88 valence electrons. The normalized spacial score (nSPS) is 10.6. The minimum Gasteiger partial charge on any atom is -0.308 e. The molecule has 1 amide bonds. The van der Waals surface area contributed by atoms with Crippen LogP contribution in [0.1, 0.15) is 12.5 Å². The molecule has 0 N–H and O–H groups in total. The van der Waals surface area contributed by atoms with Crippen LogP contribution in [0.25, 0.3) is 0 Å². The summed E-state index contributed by atoms with van der Waals surface area (Å²) in [5.74, 6) is 0.748. The van der Waals surface area contributed by atoms with Crippen molar-refractivity contribution in [1.29, 1.82) is 0 Å². The van der Waals surface area contributed by atoms with Gasteiger partial charge in [0.05, 0.1) is 0 Å². The standard InChI is InChI=1S/C12H19N3O/c1-10-5-6-12(13-9-10)15(11(2)16)8-7-14(3)4/h5-6,9H,7-8H2,1-4H3. The van der Waals surface area contributed by atoms with Gasteiger partial charge >= 0.3 is 0 Å². The van der Waals surface area contributed by atoms with E-state index in [9.17, 15) is 4.79 Å². The second-order valence-electron chi connectivity index (χ2n) is 4.17. The predicted octanol–water partition coefficient (Wildman–Crippen LogP) is 1.30. The molecular formula is C12H19N3O. The molecule has 0 atom stereocenters. The molecule has 0 aliphatic heterocycles. The monoisotopic (exact) mass is 221 g/mol. The Morgan fingerprint density at radius 1 is 1.31 bits per heavy atom. The van der Waals surface area contributed by atoms with Gasteiger partial charge in [-0.05, 0) is 32.6 Å². The van der Waals surface area contributed by atoms with Gasteiger partial charge in [0, 0.05) is 26.2 Å². The van der Waals surface area contributed by atoms with E-state index in [4.69, 9.17) is 0 Å². The van der Waals surface area contributed by atoms with Crippen LogP contribution in [0.3, 0.4) is 0 Å². The van der Waals surface area contributed by atoms with Crippen LogP contribution in [0, 0.1) is 6.92 Å². The van der Waals surface area contributed by atoms with Gasteiger partial charge in [0.1, 0.15) is 5.82 Å². The lowest BCUT2D eigenvalue weighted by Gasteiger charge is -2.22. The van der Waals surface area contributed by atoms with E-state index in [-0.39, 0.29) is 5.91 Å². The molecule has 0 aliphatic rings. The molecule has 0 aliphatic carbocycles. The van der Waals surface area contributed by atoms with Gasteiger partial charge in [0.25, 0.3) is 0 Å². The number of pyridine rings is 1. The zero-order chi connectivity index (χ0) is 12.1. The number of carbonyl (C=O) groups excluding carboxylic acids is 1. The van der Waals surface area contributed by atoms with Crippen LogP contribution in [0.2, 0.25) is 0 Å². The van der Waals surface area contributed by atoms with Crippen LogP contribution >= 0.6 is 0 Å². The minimum atomic E-state index is 0.0261. The first kappa shape index (κ1) is 12.6. The predicted molar refractivity (Wildman–Crippen MR) is 65.6 cm³/mol. The van der Waals surface area contributed by atoms with E-state index < -0.39 is 0 Å². The third kappa shape index (κ3) is 3.62. The Bertz CT molecular complexity index is 346. The molecule has 1 aromatic heterocycles. The first-order valence-corrected chi connectivity index (χ1v) is 5.36. The molecule has 0 fully saturated rings. The van der Waals surface area contributed by atoms with Crippen molar-refractivity contribution >= 4 is 11.7 Å². The zero-order valence-corrected chi connectivity index (χ0v) is 10.4. The van der Waals surface area contributed by atoms with E-state index in [1.165, 1.54) is 0 Å². The van der Waals surface area contributed by atoms with Crippen molar-refractivity contribution in [3.8, 4) is 0 Å². The summed E-state index contributed by atoms with van der Waals surface area (Å²) in [6.07, 6.45) is 1.78. The molecule has 4 heteroatoms. The Morgan fingerprint density at radius 2 is 2.00 bits per heavy atom. The van der Waals surface area contributed by atoms with Crippen molar-refractivity contribution in [1.82, 2.24) is 9.88 Å². The topological polar surface area (TPSA) is 36.4 Å². The molecule has 16 heavy (non-hydrogen) atoms. The van der Waals surface area contributed by atoms with Crippen LogP contribution in [-0.2, 0) is 4.79 Å². The number of nitrogens with zero attached hydrogens (tertiary/aromatic N) is 3. The highest BCUT2D eigenvalue weighted by Gasteiger charge is 2.12. The van der Waals surface area contributed by atoms with Gasteiger partial charge in [-0.3, -0.25) is 9.69 Å². The lowest BCUT2D eigenvalue weighted by Crippen LogP contribution is -2.35. The van der Waals surface area contributed by atoms with Crippen LogP contribution in [0.5, 0.6) is 0 Å². The molecule has 4 nitrogen and oxygen atoms in total. The largest absolute Gasteiger partial charge is 0.308 e. The van der Waals surface area contributed by atoms with Crippen molar-refractivity contribution in [3.63, 3.8) is 0 Å². The van der Waals surface area contributed by atoms with Gasteiger partial charge in [-0.25, -0.2) is 4.98 Å². The molecule has 0 unspecified atom stereocenters. The Hall–Kier alpha value is -1.42. The summed E-state index contributed by atoms with van der Waals surface area (Å²) in [6, 6.07) is 3.85. The Labute approximate surface area is 96.9 Å². The molecule has 0 bridgehead atoms. The van der Waals surface area contributed by atoms with Gasteiger partial charge in [0.2, 0.25) is 5.91 Å².